The molecule has 126 valence electrons. The lowest BCUT2D eigenvalue weighted by atomic mass is 10.1. The Labute approximate surface area is 139 Å². The van der Waals surface area contributed by atoms with E-state index in [4.69, 9.17) is 4.74 Å². The zero-order valence-corrected chi connectivity index (χ0v) is 13.8. The molecule has 1 heterocycles. The van der Waals surface area contributed by atoms with Gasteiger partial charge in [0.25, 0.3) is 5.91 Å². The number of benzene rings is 1. The molecule has 1 unspecified atom stereocenters. The van der Waals surface area contributed by atoms with Gasteiger partial charge in [-0.25, -0.2) is 0 Å². The van der Waals surface area contributed by atoms with E-state index in [2.05, 4.69) is 10.3 Å². The summed E-state index contributed by atoms with van der Waals surface area (Å²) in [4.78, 5) is 26.4. The van der Waals surface area contributed by atoms with Gasteiger partial charge in [0.15, 0.2) is 6.10 Å². The number of carbonyl (C=O) groups excluding carboxylic acids is 1. The van der Waals surface area contributed by atoms with Crippen molar-refractivity contribution in [2.75, 3.05) is 5.32 Å². The van der Waals surface area contributed by atoms with E-state index in [1.54, 1.807) is 25.1 Å². The van der Waals surface area contributed by atoms with Crippen LogP contribution < -0.4 is 10.1 Å². The number of aryl methyl sites for hydroxylation is 2. The van der Waals surface area contributed by atoms with E-state index in [1.807, 2.05) is 19.1 Å². The van der Waals surface area contributed by atoms with Crippen LogP contribution >= 0.6 is 0 Å². The molecule has 1 N–H and O–H groups in total. The van der Waals surface area contributed by atoms with Crippen LogP contribution in [0.2, 0.25) is 0 Å². The fraction of sp³-hybridized carbons (Fsp3) is 0.294. The molecule has 24 heavy (non-hydrogen) atoms. The van der Waals surface area contributed by atoms with E-state index >= 15 is 0 Å². The smallest absolute Gasteiger partial charge is 0.406 e. The molecule has 2 rings (SSSR count). The van der Waals surface area contributed by atoms with Crippen molar-refractivity contribution in [2.24, 2.45) is 0 Å². The normalized spacial score (nSPS) is 11.6. The maximum absolute atomic E-state index is 12.2. The molecule has 0 radical (unpaired) electrons. The Bertz CT molecular complexity index is 744. The Kier molecular flexibility index (Phi) is 5.47. The van der Waals surface area contributed by atoms with Crippen molar-refractivity contribution in [2.45, 2.75) is 33.3 Å². The molecule has 0 aliphatic heterocycles. The maximum Gasteiger partial charge on any atom is 0.406 e. The topological polar surface area (TPSA) is 94.4 Å². The number of ether oxygens (including phenoxy) is 1. The van der Waals surface area contributed by atoms with Gasteiger partial charge < -0.3 is 20.2 Å². The molecule has 0 fully saturated rings. The van der Waals surface area contributed by atoms with E-state index in [1.165, 1.54) is 18.6 Å². The van der Waals surface area contributed by atoms with Gasteiger partial charge in [-0.15, -0.1) is 0 Å². The molecule has 0 bridgehead atoms. The lowest BCUT2D eigenvalue weighted by molar-refractivity contribution is -0.390. The first-order chi connectivity index (χ1) is 11.4. The fourth-order valence-electron chi connectivity index (χ4n) is 2.06. The fourth-order valence-corrected chi connectivity index (χ4v) is 2.06. The van der Waals surface area contributed by atoms with Crippen LogP contribution in [0.5, 0.6) is 5.75 Å². The van der Waals surface area contributed by atoms with E-state index in [0.29, 0.717) is 11.4 Å². The second-order valence-electron chi connectivity index (χ2n) is 5.33. The summed E-state index contributed by atoms with van der Waals surface area (Å²) in [5.74, 6) is -0.828. The first kappa shape index (κ1) is 17.4. The summed E-state index contributed by atoms with van der Waals surface area (Å²) in [6.07, 6.45) is 0.0109. The van der Waals surface area contributed by atoms with Gasteiger partial charge in [0.1, 0.15) is 5.69 Å². The van der Waals surface area contributed by atoms with Crippen LogP contribution in [0.25, 0.3) is 0 Å². The number of hydrogen-bond donors (Lipinski definition) is 1. The van der Waals surface area contributed by atoms with Crippen molar-refractivity contribution in [3.63, 3.8) is 0 Å². The Morgan fingerprint density at radius 1 is 1.29 bits per heavy atom. The SMILES string of the molecule is CCc1ccc(NC(=O)C(C)Oc2ccc(C)nc2[N+](=O)[O-])cc1. The molecule has 2 aromatic rings. The van der Waals surface area contributed by atoms with Gasteiger partial charge in [-0.1, -0.05) is 19.1 Å². The predicted molar refractivity (Wildman–Crippen MR) is 90.2 cm³/mol. The van der Waals surface area contributed by atoms with Crippen LogP contribution in [0.3, 0.4) is 0 Å². The minimum Gasteiger partial charge on any atom is -0.473 e. The summed E-state index contributed by atoms with van der Waals surface area (Å²) in [5.41, 5.74) is 2.31. The summed E-state index contributed by atoms with van der Waals surface area (Å²) in [5, 5.41) is 13.8. The highest BCUT2D eigenvalue weighted by molar-refractivity contribution is 5.94. The quantitative estimate of drug-likeness (QED) is 0.648. The molecule has 0 saturated heterocycles. The van der Waals surface area contributed by atoms with Crippen LogP contribution in [0.1, 0.15) is 25.1 Å². The van der Waals surface area contributed by atoms with E-state index in [-0.39, 0.29) is 5.75 Å². The Balaban J connectivity index is 2.07. The third-order valence-corrected chi connectivity index (χ3v) is 3.45. The number of amides is 1. The molecule has 1 aromatic carbocycles. The Morgan fingerprint density at radius 2 is 1.96 bits per heavy atom. The largest absolute Gasteiger partial charge is 0.473 e. The standard InChI is InChI=1S/C17H19N3O4/c1-4-13-6-8-14(9-7-13)19-17(21)12(3)24-15-10-5-11(2)18-16(15)20(22)23/h5-10,12H,4H2,1-3H3,(H,19,21). The second-order valence-corrected chi connectivity index (χ2v) is 5.33. The predicted octanol–water partition coefficient (Wildman–Crippen LogP) is 3.27. The van der Waals surface area contributed by atoms with E-state index in [9.17, 15) is 14.9 Å². The zero-order chi connectivity index (χ0) is 17.7. The molecular formula is C17H19N3O4. The van der Waals surface area contributed by atoms with Crippen molar-refractivity contribution in [3.05, 3.63) is 57.8 Å². The summed E-state index contributed by atoms with van der Waals surface area (Å²) in [6, 6.07) is 10.5. The molecular weight excluding hydrogens is 310 g/mol. The molecule has 7 nitrogen and oxygen atoms in total. The van der Waals surface area contributed by atoms with Gasteiger partial charge in [0.05, 0.1) is 0 Å². The number of aromatic nitrogens is 1. The van der Waals surface area contributed by atoms with Crippen molar-refractivity contribution in [1.29, 1.82) is 0 Å². The first-order valence-electron chi connectivity index (χ1n) is 7.59. The molecule has 0 saturated carbocycles. The van der Waals surface area contributed by atoms with Crippen LogP contribution in [0.15, 0.2) is 36.4 Å². The Hall–Kier alpha value is -2.96. The molecule has 7 heteroatoms. The van der Waals surface area contributed by atoms with Crippen molar-refractivity contribution in [1.82, 2.24) is 4.98 Å². The van der Waals surface area contributed by atoms with Crippen molar-refractivity contribution < 1.29 is 14.5 Å². The summed E-state index contributed by atoms with van der Waals surface area (Å²) in [7, 11) is 0. The molecule has 1 aromatic heterocycles. The minimum atomic E-state index is -0.904. The number of carbonyl (C=O) groups is 1. The molecule has 0 aliphatic carbocycles. The maximum atomic E-state index is 12.2. The van der Waals surface area contributed by atoms with Gasteiger partial charge >= 0.3 is 5.82 Å². The highest BCUT2D eigenvalue weighted by atomic mass is 16.6. The number of nitrogens with one attached hydrogen (secondary N) is 1. The summed E-state index contributed by atoms with van der Waals surface area (Å²) >= 11 is 0. The first-order valence-corrected chi connectivity index (χ1v) is 7.59. The monoisotopic (exact) mass is 329 g/mol. The number of nitrogens with zero attached hydrogens (tertiary/aromatic N) is 2. The van der Waals surface area contributed by atoms with Gasteiger partial charge in [0, 0.05) is 12.6 Å². The highest BCUT2D eigenvalue weighted by Crippen LogP contribution is 2.25. The summed E-state index contributed by atoms with van der Waals surface area (Å²) < 4.78 is 5.42. The average molecular weight is 329 g/mol. The van der Waals surface area contributed by atoms with Gasteiger partial charge in [-0.05, 0) is 53.1 Å². The van der Waals surface area contributed by atoms with Crippen LogP contribution in [-0.2, 0) is 11.2 Å². The number of rotatable bonds is 6. The average Bonchev–Trinajstić information content (AvgIpc) is 2.56. The Morgan fingerprint density at radius 3 is 2.54 bits per heavy atom. The van der Waals surface area contributed by atoms with Crippen LogP contribution in [0, 0.1) is 17.0 Å². The molecule has 1 amide bonds. The number of hydrogen-bond acceptors (Lipinski definition) is 5. The zero-order valence-electron chi connectivity index (χ0n) is 13.8. The van der Waals surface area contributed by atoms with E-state index in [0.717, 1.165) is 6.42 Å². The lowest BCUT2D eigenvalue weighted by Crippen LogP contribution is -2.30. The molecule has 1 atom stereocenters. The third kappa shape index (κ3) is 4.28. The molecule has 0 aliphatic rings. The lowest BCUT2D eigenvalue weighted by Gasteiger charge is -2.14. The number of pyridine rings is 1. The number of anilines is 1. The van der Waals surface area contributed by atoms with Gasteiger partial charge in [-0.3, -0.25) is 4.79 Å². The van der Waals surface area contributed by atoms with Crippen LogP contribution in [-0.4, -0.2) is 21.9 Å². The van der Waals surface area contributed by atoms with Gasteiger partial charge in [0.2, 0.25) is 5.75 Å². The van der Waals surface area contributed by atoms with Crippen molar-refractivity contribution >= 4 is 17.4 Å². The second kappa shape index (κ2) is 7.54. The minimum absolute atomic E-state index is 0.0328. The number of nitro groups is 1. The van der Waals surface area contributed by atoms with Crippen molar-refractivity contribution in [3.8, 4) is 5.75 Å². The molecule has 0 spiro atoms. The highest BCUT2D eigenvalue weighted by Gasteiger charge is 2.22. The van der Waals surface area contributed by atoms with E-state index < -0.39 is 22.8 Å². The van der Waals surface area contributed by atoms with Crippen LogP contribution in [0.4, 0.5) is 11.5 Å². The third-order valence-electron chi connectivity index (χ3n) is 3.45. The van der Waals surface area contributed by atoms with Gasteiger partial charge in [-0.2, -0.15) is 0 Å². The summed E-state index contributed by atoms with van der Waals surface area (Å²) in [6.45, 7) is 5.22.